The molecule has 94 valence electrons. The molecule has 0 amide bonds. The maximum Gasteiger partial charge on any atom is 0.123 e. The number of likely N-dealkylation sites (N-methyl/N-ethyl adjacent to an activating group) is 1. The van der Waals surface area contributed by atoms with E-state index in [0.717, 1.165) is 24.0 Å². The predicted octanol–water partition coefficient (Wildman–Crippen LogP) is 2.46. The Hall–Kier alpha value is -1.22. The van der Waals surface area contributed by atoms with Gasteiger partial charge in [0, 0.05) is 12.1 Å². The van der Waals surface area contributed by atoms with E-state index < -0.39 is 0 Å². The van der Waals surface area contributed by atoms with Crippen molar-refractivity contribution in [3.05, 3.63) is 24.3 Å². The van der Waals surface area contributed by atoms with Crippen LogP contribution in [-0.4, -0.2) is 26.3 Å². The number of benzene rings is 1. The van der Waals surface area contributed by atoms with Crippen molar-refractivity contribution in [3.63, 3.8) is 0 Å². The molecule has 0 unspecified atom stereocenters. The van der Waals surface area contributed by atoms with Gasteiger partial charge in [-0.1, -0.05) is 6.07 Å². The van der Waals surface area contributed by atoms with Crippen LogP contribution in [0.25, 0.3) is 0 Å². The van der Waals surface area contributed by atoms with Gasteiger partial charge in [-0.05, 0) is 44.9 Å². The summed E-state index contributed by atoms with van der Waals surface area (Å²) >= 11 is 0. The fourth-order valence-electron chi connectivity index (χ4n) is 1.96. The average Bonchev–Trinajstić information content (AvgIpc) is 3.15. The fourth-order valence-corrected chi connectivity index (χ4v) is 1.96. The molecule has 0 aromatic heterocycles. The lowest BCUT2D eigenvalue weighted by Gasteiger charge is -2.16. The molecule has 0 aliphatic heterocycles. The smallest absolute Gasteiger partial charge is 0.123 e. The Bertz CT molecular complexity index is 350. The van der Waals surface area contributed by atoms with Crippen LogP contribution in [0.2, 0.25) is 0 Å². The lowest BCUT2D eigenvalue weighted by molar-refractivity contribution is 0.254. The molecule has 1 aromatic carbocycles. The van der Waals surface area contributed by atoms with E-state index in [2.05, 4.69) is 5.32 Å². The molecule has 1 N–H and O–H groups in total. The highest BCUT2D eigenvalue weighted by Gasteiger charge is 2.30. The van der Waals surface area contributed by atoms with Crippen LogP contribution in [0, 0.1) is 5.92 Å². The van der Waals surface area contributed by atoms with Gasteiger partial charge in [-0.25, -0.2) is 0 Å². The van der Waals surface area contributed by atoms with E-state index in [1.807, 2.05) is 38.2 Å². The Balaban J connectivity index is 1.86. The van der Waals surface area contributed by atoms with Crippen molar-refractivity contribution < 1.29 is 9.47 Å². The molecule has 2 rings (SSSR count). The number of ether oxygens (including phenoxy) is 2. The molecule has 3 heteroatoms. The van der Waals surface area contributed by atoms with Gasteiger partial charge >= 0.3 is 0 Å². The van der Waals surface area contributed by atoms with Gasteiger partial charge in [0.1, 0.15) is 18.1 Å². The van der Waals surface area contributed by atoms with Gasteiger partial charge < -0.3 is 14.8 Å². The van der Waals surface area contributed by atoms with Crippen LogP contribution in [0.4, 0.5) is 0 Å². The topological polar surface area (TPSA) is 30.5 Å². The van der Waals surface area contributed by atoms with E-state index in [1.165, 1.54) is 12.8 Å². The van der Waals surface area contributed by atoms with Gasteiger partial charge in [0.25, 0.3) is 0 Å². The Labute approximate surface area is 103 Å². The minimum absolute atomic E-state index is 0.478. The Morgan fingerprint density at radius 3 is 2.59 bits per heavy atom. The molecular weight excluding hydrogens is 214 g/mol. The molecule has 1 atom stereocenters. The summed E-state index contributed by atoms with van der Waals surface area (Å²) in [7, 11) is 2.00. The molecule has 0 radical (unpaired) electrons. The lowest BCUT2D eigenvalue weighted by Crippen LogP contribution is -2.33. The predicted molar refractivity (Wildman–Crippen MR) is 68.7 cm³/mol. The van der Waals surface area contributed by atoms with Crippen molar-refractivity contribution >= 4 is 0 Å². The van der Waals surface area contributed by atoms with Crippen molar-refractivity contribution in [1.82, 2.24) is 5.32 Å². The minimum Gasteiger partial charge on any atom is -0.494 e. The summed E-state index contributed by atoms with van der Waals surface area (Å²) in [6.45, 7) is 3.40. The number of hydrogen-bond acceptors (Lipinski definition) is 3. The second-order valence-electron chi connectivity index (χ2n) is 4.45. The summed E-state index contributed by atoms with van der Waals surface area (Å²) in [6, 6.07) is 8.31. The van der Waals surface area contributed by atoms with Crippen molar-refractivity contribution in [3.8, 4) is 11.5 Å². The van der Waals surface area contributed by atoms with Crippen molar-refractivity contribution in [2.24, 2.45) is 5.92 Å². The third-order valence-corrected chi connectivity index (χ3v) is 3.11. The first-order chi connectivity index (χ1) is 8.33. The Morgan fingerprint density at radius 2 is 2.00 bits per heavy atom. The molecule has 3 nitrogen and oxygen atoms in total. The maximum absolute atomic E-state index is 5.80. The molecule has 0 spiro atoms. The highest BCUT2D eigenvalue weighted by atomic mass is 16.5. The second-order valence-corrected chi connectivity index (χ2v) is 4.45. The standard InChI is InChI=1S/C14H21NO2/c1-3-16-12-5-4-6-13(9-12)17-10-14(15-2)11-7-8-11/h4-6,9,11,14-15H,3,7-8,10H2,1-2H3/t14-/m0/s1. The highest BCUT2D eigenvalue weighted by molar-refractivity contribution is 5.32. The van der Waals surface area contributed by atoms with Crippen molar-refractivity contribution in [2.75, 3.05) is 20.3 Å². The lowest BCUT2D eigenvalue weighted by atomic mass is 10.2. The second kappa shape index (κ2) is 5.92. The highest BCUT2D eigenvalue weighted by Crippen LogP contribution is 2.32. The molecule has 1 saturated carbocycles. The van der Waals surface area contributed by atoms with Gasteiger partial charge in [-0.2, -0.15) is 0 Å². The molecule has 1 aromatic rings. The first kappa shape index (κ1) is 12.2. The van der Waals surface area contributed by atoms with Crippen molar-refractivity contribution in [1.29, 1.82) is 0 Å². The molecule has 0 saturated heterocycles. The van der Waals surface area contributed by atoms with Gasteiger partial charge in [0.2, 0.25) is 0 Å². The average molecular weight is 235 g/mol. The Kier molecular flexibility index (Phi) is 4.26. The van der Waals surface area contributed by atoms with Crippen LogP contribution in [0.1, 0.15) is 19.8 Å². The summed E-state index contributed by atoms with van der Waals surface area (Å²) in [5, 5.41) is 3.32. The summed E-state index contributed by atoms with van der Waals surface area (Å²) < 4.78 is 11.2. The quantitative estimate of drug-likeness (QED) is 0.787. The minimum atomic E-state index is 0.478. The zero-order chi connectivity index (χ0) is 12.1. The van der Waals surface area contributed by atoms with E-state index in [4.69, 9.17) is 9.47 Å². The number of nitrogens with one attached hydrogen (secondary N) is 1. The Morgan fingerprint density at radius 1 is 1.29 bits per heavy atom. The normalized spacial score (nSPS) is 16.6. The molecule has 1 aliphatic rings. The summed E-state index contributed by atoms with van der Waals surface area (Å²) in [6.07, 6.45) is 2.65. The van der Waals surface area contributed by atoms with Crippen LogP contribution >= 0.6 is 0 Å². The van der Waals surface area contributed by atoms with E-state index in [1.54, 1.807) is 0 Å². The SMILES string of the molecule is CCOc1cccc(OC[C@H](NC)C2CC2)c1. The first-order valence-electron chi connectivity index (χ1n) is 6.36. The van der Waals surface area contributed by atoms with E-state index in [9.17, 15) is 0 Å². The summed E-state index contributed by atoms with van der Waals surface area (Å²) in [4.78, 5) is 0. The molecular formula is C14H21NO2. The van der Waals surface area contributed by atoms with Crippen LogP contribution in [0.15, 0.2) is 24.3 Å². The van der Waals surface area contributed by atoms with Crippen LogP contribution in [0.3, 0.4) is 0 Å². The zero-order valence-electron chi connectivity index (χ0n) is 10.6. The molecule has 0 heterocycles. The molecule has 0 bridgehead atoms. The van der Waals surface area contributed by atoms with Gasteiger partial charge in [-0.3, -0.25) is 0 Å². The van der Waals surface area contributed by atoms with E-state index in [-0.39, 0.29) is 0 Å². The third kappa shape index (κ3) is 3.63. The first-order valence-corrected chi connectivity index (χ1v) is 6.36. The van der Waals surface area contributed by atoms with E-state index in [0.29, 0.717) is 12.6 Å². The van der Waals surface area contributed by atoms with Gasteiger partial charge in [0.15, 0.2) is 0 Å². The summed E-state index contributed by atoms with van der Waals surface area (Å²) in [5.41, 5.74) is 0. The largest absolute Gasteiger partial charge is 0.494 e. The summed E-state index contributed by atoms with van der Waals surface area (Å²) in [5.74, 6) is 2.56. The third-order valence-electron chi connectivity index (χ3n) is 3.11. The molecule has 17 heavy (non-hydrogen) atoms. The monoisotopic (exact) mass is 235 g/mol. The van der Waals surface area contributed by atoms with Gasteiger partial charge in [0.05, 0.1) is 6.61 Å². The molecule has 1 fully saturated rings. The fraction of sp³-hybridized carbons (Fsp3) is 0.571. The van der Waals surface area contributed by atoms with Crippen LogP contribution in [-0.2, 0) is 0 Å². The van der Waals surface area contributed by atoms with Crippen LogP contribution in [0.5, 0.6) is 11.5 Å². The van der Waals surface area contributed by atoms with Crippen LogP contribution < -0.4 is 14.8 Å². The zero-order valence-corrected chi connectivity index (χ0v) is 10.6. The maximum atomic E-state index is 5.80. The number of hydrogen-bond donors (Lipinski definition) is 1. The van der Waals surface area contributed by atoms with Crippen molar-refractivity contribution in [2.45, 2.75) is 25.8 Å². The molecule has 1 aliphatic carbocycles. The number of rotatable bonds is 7. The van der Waals surface area contributed by atoms with Gasteiger partial charge in [-0.15, -0.1) is 0 Å². The van der Waals surface area contributed by atoms with E-state index >= 15 is 0 Å².